The van der Waals surface area contributed by atoms with Crippen LogP contribution in [0.3, 0.4) is 0 Å². The minimum absolute atomic E-state index is 0.567. The van der Waals surface area contributed by atoms with Gasteiger partial charge in [-0.2, -0.15) is 0 Å². The Morgan fingerprint density at radius 1 is 1.24 bits per heavy atom. The van der Waals surface area contributed by atoms with Crippen molar-refractivity contribution in [3.05, 3.63) is 34.9 Å². The predicted octanol–water partition coefficient (Wildman–Crippen LogP) is 4.07. The van der Waals surface area contributed by atoms with Crippen LogP contribution in [0.1, 0.15) is 38.7 Å². The number of hydrogen-bond acceptors (Lipinski definition) is 1. The number of rotatable bonds is 2. The molecule has 17 heavy (non-hydrogen) atoms. The van der Waals surface area contributed by atoms with Gasteiger partial charge in [-0.1, -0.05) is 43.6 Å². The summed E-state index contributed by atoms with van der Waals surface area (Å²) >= 11 is 6.17. The molecule has 0 aliphatic heterocycles. The summed E-state index contributed by atoms with van der Waals surface area (Å²) in [6, 6.07) is 7.84. The summed E-state index contributed by atoms with van der Waals surface area (Å²) in [6.07, 6.45) is 3.69. The number of aliphatic hydroxyl groups is 1. The second-order valence-electron chi connectivity index (χ2n) is 5.85. The predicted molar refractivity (Wildman–Crippen MR) is 72.3 cm³/mol. The van der Waals surface area contributed by atoms with E-state index >= 15 is 0 Å². The number of hydrogen-bond donors (Lipinski definition) is 1. The van der Waals surface area contributed by atoms with Crippen LogP contribution >= 0.6 is 11.6 Å². The average molecular weight is 253 g/mol. The van der Waals surface area contributed by atoms with Gasteiger partial charge in [-0.15, -0.1) is 0 Å². The fraction of sp³-hybridized carbons (Fsp3) is 0.600. The highest BCUT2D eigenvalue weighted by molar-refractivity contribution is 6.31. The smallest absolute Gasteiger partial charge is 0.0693 e. The van der Waals surface area contributed by atoms with Gasteiger partial charge in [0.05, 0.1) is 5.60 Å². The lowest BCUT2D eigenvalue weighted by atomic mass is 9.71. The van der Waals surface area contributed by atoms with Gasteiger partial charge in [0.1, 0.15) is 0 Å². The lowest BCUT2D eigenvalue weighted by Crippen LogP contribution is -2.39. The third kappa shape index (κ3) is 3.23. The molecule has 0 radical (unpaired) electrons. The van der Waals surface area contributed by atoms with E-state index < -0.39 is 5.60 Å². The molecule has 0 saturated heterocycles. The molecular formula is C15H21ClO. The Morgan fingerprint density at radius 2 is 1.82 bits per heavy atom. The monoisotopic (exact) mass is 252 g/mol. The average Bonchev–Trinajstić information content (AvgIpc) is 2.19. The van der Waals surface area contributed by atoms with Crippen molar-refractivity contribution >= 4 is 11.6 Å². The highest BCUT2D eigenvalue weighted by Crippen LogP contribution is 2.38. The quantitative estimate of drug-likeness (QED) is 0.841. The summed E-state index contributed by atoms with van der Waals surface area (Å²) in [5.41, 5.74) is 0.500. The molecule has 1 saturated carbocycles. The summed E-state index contributed by atoms with van der Waals surface area (Å²) in [5.74, 6) is 1.21. The van der Waals surface area contributed by atoms with E-state index in [9.17, 15) is 5.11 Å². The van der Waals surface area contributed by atoms with E-state index in [0.29, 0.717) is 18.3 Å². The Morgan fingerprint density at radius 3 is 2.41 bits per heavy atom. The molecule has 1 N–H and O–H groups in total. The molecule has 1 aromatic carbocycles. The lowest BCUT2D eigenvalue weighted by molar-refractivity contribution is -0.0304. The summed E-state index contributed by atoms with van der Waals surface area (Å²) in [7, 11) is 0. The third-order valence-electron chi connectivity index (χ3n) is 3.74. The fourth-order valence-electron chi connectivity index (χ4n) is 3.37. The SMILES string of the molecule is CC1CC(C)CC(O)(Cc2ccccc2Cl)C1. The van der Waals surface area contributed by atoms with Crippen LogP contribution in [0.2, 0.25) is 5.02 Å². The van der Waals surface area contributed by atoms with Gasteiger partial charge in [0, 0.05) is 11.4 Å². The Labute approximate surface area is 109 Å². The van der Waals surface area contributed by atoms with E-state index in [1.807, 2.05) is 24.3 Å². The molecule has 2 unspecified atom stereocenters. The van der Waals surface area contributed by atoms with Gasteiger partial charge < -0.3 is 5.11 Å². The van der Waals surface area contributed by atoms with E-state index in [1.165, 1.54) is 6.42 Å². The maximum Gasteiger partial charge on any atom is 0.0693 e. The van der Waals surface area contributed by atoms with Crippen molar-refractivity contribution in [3.63, 3.8) is 0 Å². The van der Waals surface area contributed by atoms with Crippen LogP contribution in [0, 0.1) is 11.8 Å². The first-order valence-electron chi connectivity index (χ1n) is 6.44. The zero-order chi connectivity index (χ0) is 12.5. The van der Waals surface area contributed by atoms with Crippen LogP contribution in [-0.2, 0) is 6.42 Å². The molecule has 2 atom stereocenters. The molecule has 2 heteroatoms. The van der Waals surface area contributed by atoms with Crippen LogP contribution in [0.15, 0.2) is 24.3 Å². The van der Waals surface area contributed by atoms with Gasteiger partial charge >= 0.3 is 0 Å². The molecule has 1 nitrogen and oxygen atoms in total. The molecule has 1 aromatic rings. The van der Waals surface area contributed by atoms with Crippen molar-refractivity contribution in [1.29, 1.82) is 0 Å². The first-order chi connectivity index (χ1) is 7.98. The van der Waals surface area contributed by atoms with E-state index in [4.69, 9.17) is 11.6 Å². The normalized spacial score (nSPS) is 33.6. The second kappa shape index (κ2) is 4.99. The van der Waals surface area contributed by atoms with E-state index in [0.717, 1.165) is 23.4 Å². The van der Waals surface area contributed by atoms with Gasteiger partial charge in [-0.3, -0.25) is 0 Å². The van der Waals surface area contributed by atoms with Crippen LogP contribution in [0.4, 0.5) is 0 Å². The molecule has 0 spiro atoms. The Hall–Kier alpha value is -0.530. The van der Waals surface area contributed by atoms with Crippen LogP contribution in [0.5, 0.6) is 0 Å². The number of benzene rings is 1. The van der Waals surface area contributed by atoms with E-state index in [2.05, 4.69) is 13.8 Å². The van der Waals surface area contributed by atoms with Gasteiger partial charge in [-0.05, 0) is 42.7 Å². The summed E-state index contributed by atoms with van der Waals surface area (Å²) < 4.78 is 0. The lowest BCUT2D eigenvalue weighted by Gasteiger charge is -2.39. The molecule has 0 heterocycles. The van der Waals surface area contributed by atoms with E-state index in [-0.39, 0.29) is 0 Å². The first-order valence-corrected chi connectivity index (χ1v) is 6.82. The summed E-state index contributed by atoms with van der Waals surface area (Å²) in [4.78, 5) is 0. The summed E-state index contributed by atoms with van der Waals surface area (Å²) in [5, 5.41) is 11.5. The maximum atomic E-state index is 10.7. The zero-order valence-electron chi connectivity index (χ0n) is 10.6. The molecule has 2 rings (SSSR count). The van der Waals surface area contributed by atoms with Gasteiger partial charge in [0.2, 0.25) is 0 Å². The van der Waals surface area contributed by atoms with Crippen LogP contribution in [-0.4, -0.2) is 10.7 Å². The molecule has 0 aromatic heterocycles. The Kier molecular flexibility index (Phi) is 3.79. The topological polar surface area (TPSA) is 20.2 Å². The second-order valence-corrected chi connectivity index (χ2v) is 6.25. The van der Waals surface area contributed by atoms with Crippen molar-refractivity contribution < 1.29 is 5.11 Å². The van der Waals surface area contributed by atoms with Crippen molar-refractivity contribution in [1.82, 2.24) is 0 Å². The van der Waals surface area contributed by atoms with Crippen molar-refractivity contribution in [2.45, 2.75) is 45.1 Å². The van der Waals surface area contributed by atoms with Crippen molar-refractivity contribution in [3.8, 4) is 0 Å². The minimum Gasteiger partial charge on any atom is -0.390 e. The number of halogens is 1. The molecule has 0 bridgehead atoms. The van der Waals surface area contributed by atoms with Crippen molar-refractivity contribution in [2.24, 2.45) is 11.8 Å². The standard InChI is InChI=1S/C15H21ClO/c1-11-7-12(2)9-15(17,8-11)10-13-5-3-4-6-14(13)16/h3-6,11-12,17H,7-10H2,1-2H3. The highest BCUT2D eigenvalue weighted by atomic mass is 35.5. The zero-order valence-corrected chi connectivity index (χ0v) is 11.4. The third-order valence-corrected chi connectivity index (χ3v) is 4.11. The molecule has 1 aliphatic rings. The van der Waals surface area contributed by atoms with Gasteiger partial charge in [-0.25, -0.2) is 0 Å². The largest absolute Gasteiger partial charge is 0.390 e. The Bertz CT molecular complexity index is 378. The van der Waals surface area contributed by atoms with Crippen molar-refractivity contribution in [2.75, 3.05) is 0 Å². The molecule has 1 aliphatic carbocycles. The summed E-state index contributed by atoms with van der Waals surface area (Å²) in [6.45, 7) is 4.46. The highest BCUT2D eigenvalue weighted by Gasteiger charge is 2.36. The van der Waals surface area contributed by atoms with E-state index in [1.54, 1.807) is 0 Å². The molecular weight excluding hydrogens is 232 g/mol. The van der Waals surface area contributed by atoms with Gasteiger partial charge in [0.15, 0.2) is 0 Å². The fourth-order valence-corrected chi connectivity index (χ4v) is 3.58. The maximum absolute atomic E-state index is 10.7. The molecule has 0 amide bonds. The molecule has 94 valence electrons. The molecule has 1 fully saturated rings. The minimum atomic E-state index is -0.567. The Balaban J connectivity index is 2.14. The van der Waals surface area contributed by atoms with Gasteiger partial charge in [0.25, 0.3) is 0 Å². The van der Waals surface area contributed by atoms with Crippen LogP contribution < -0.4 is 0 Å². The first kappa shape index (κ1) is 12.9. The van der Waals surface area contributed by atoms with Crippen LogP contribution in [0.25, 0.3) is 0 Å².